The van der Waals surface area contributed by atoms with E-state index in [4.69, 9.17) is 0 Å². The third-order valence-corrected chi connectivity index (χ3v) is 12.7. The fraction of sp³-hybridized carbons (Fsp3) is 0.909. The number of nitrogens with one attached hydrogen (secondary N) is 1. The topological polar surface area (TPSA) is 69.6 Å². The third-order valence-electron chi connectivity index (χ3n) is 12.7. The van der Waals surface area contributed by atoms with Crippen molar-refractivity contribution in [3.63, 3.8) is 0 Å². The highest BCUT2D eigenvalue weighted by atomic mass is 16.3. The molecule has 0 saturated heterocycles. The maximum absolute atomic E-state index is 12.5. The van der Waals surface area contributed by atoms with Gasteiger partial charge in [-0.3, -0.25) is 4.79 Å². The van der Waals surface area contributed by atoms with Crippen molar-refractivity contribution in [2.24, 2.45) is 0 Å². The molecule has 2 atom stereocenters. The number of amides is 1. The van der Waals surface area contributed by atoms with Crippen LogP contribution < -0.4 is 5.32 Å². The summed E-state index contributed by atoms with van der Waals surface area (Å²) in [5.74, 6) is -0.0292. The van der Waals surface area contributed by atoms with Gasteiger partial charge < -0.3 is 15.5 Å². The number of hydrogen-bond acceptors (Lipinski definition) is 3. The summed E-state index contributed by atoms with van der Waals surface area (Å²) in [6.45, 7) is 4.39. The molecule has 4 heteroatoms. The summed E-state index contributed by atoms with van der Waals surface area (Å²) in [6, 6.07) is -0.536. The van der Waals surface area contributed by atoms with Crippen LogP contribution in [0, 0.1) is 0 Å². The second kappa shape index (κ2) is 51.2. The lowest BCUT2D eigenvalue weighted by atomic mass is 10.0. The predicted octanol–water partition coefficient (Wildman–Crippen LogP) is 17.5. The fourth-order valence-corrected chi connectivity index (χ4v) is 8.57. The van der Waals surface area contributed by atoms with E-state index < -0.39 is 12.1 Å². The molecule has 0 aliphatic rings. The second-order valence-electron chi connectivity index (χ2n) is 18.7. The lowest BCUT2D eigenvalue weighted by Crippen LogP contribution is -2.45. The highest BCUT2D eigenvalue weighted by molar-refractivity contribution is 5.76. The molecule has 0 aliphatic heterocycles. The normalized spacial score (nSPS) is 12.9. The first-order valence-electron chi connectivity index (χ1n) is 27.0. The first-order valence-corrected chi connectivity index (χ1v) is 27.0. The summed E-state index contributed by atoms with van der Waals surface area (Å²) in [4.78, 5) is 12.5. The zero-order valence-corrected chi connectivity index (χ0v) is 40.3. The average Bonchev–Trinajstić information content (AvgIpc) is 3.24. The van der Waals surface area contributed by atoms with E-state index in [1.165, 1.54) is 244 Å². The molecule has 4 nitrogen and oxygen atoms in total. The van der Waals surface area contributed by atoms with Gasteiger partial charge in [0.05, 0.1) is 18.8 Å². The summed E-state index contributed by atoms with van der Waals surface area (Å²) in [6.07, 6.45) is 67.2. The van der Waals surface area contributed by atoms with Crippen LogP contribution in [0.1, 0.15) is 303 Å². The Kier molecular flexibility index (Phi) is 50.2. The predicted molar refractivity (Wildman–Crippen MR) is 262 cm³/mol. The number of hydrogen-bond donors (Lipinski definition) is 3. The van der Waals surface area contributed by atoms with Crippen LogP contribution in [0.2, 0.25) is 0 Å². The minimum atomic E-state index is -0.659. The molecule has 0 fully saturated rings. The zero-order chi connectivity index (χ0) is 42.8. The Bertz CT molecular complexity index is 855. The Morgan fingerprint density at radius 1 is 0.407 bits per heavy atom. The average molecular weight is 830 g/mol. The van der Waals surface area contributed by atoms with E-state index in [1.807, 2.05) is 0 Å². The van der Waals surface area contributed by atoms with Gasteiger partial charge in [0.1, 0.15) is 0 Å². The van der Waals surface area contributed by atoms with Crippen LogP contribution in [0.5, 0.6) is 0 Å². The van der Waals surface area contributed by atoms with Gasteiger partial charge in [0.2, 0.25) is 5.91 Å². The van der Waals surface area contributed by atoms with Crippen molar-refractivity contribution in [2.75, 3.05) is 6.61 Å². The van der Waals surface area contributed by atoms with Gasteiger partial charge in [0.25, 0.3) is 0 Å². The van der Waals surface area contributed by atoms with E-state index in [-0.39, 0.29) is 12.5 Å². The number of aliphatic hydroxyl groups excluding tert-OH is 2. The molecule has 3 N–H and O–H groups in total. The van der Waals surface area contributed by atoms with Crippen LogP contribution in [-0.2, 0) is 4.79 Å². The standard InChI is InChI=1S/C55H107NO3/c1-3-5-7-9-11-13-15-17-19-21-23-25-26-27-28-29-30-31-33-35-37-39-41-43-45-47-49-51-55(59)56-53(52-57)54(58)50-48-46-44-42-40-38-36-34-32-24-22-20-18-16-14-12-10-8-6-4-2/h23,25,27-28,53-54,57-58H,3-22,24,26,29-52H2,1-2H3,(H,56,59)/b25-23-,28-27-. The number of aliphatic hydroxyl groups is 2. The molecule has 0 aliphatic carbocycles. The van der Waals surface area contributed by atoms with Gasteiger partial charge >= 0.3 is 0 Å². The first kappa shape index (κ1) is 57.9. The van der Waals surface area contributed by atoms with Crippen molar-refractivity contribution in [1.29, 1.82) is 0 Å². The summed E-state index contributed by atoms with van der Waals surface area (Å²) in [5.41, 5.74) is 0. The summed E-state index contributed by atoms with van der Waals surface area (Å²) < 4.78 is 0. The van der Waals surface area contributed by atoms with Gasteiger partial charge in [-0.25, -0.2) is 0 Å². The number of allylic oxidation sites excluding steroid dienone is 4. The summed E-state index contributed by atoms with van der Waals surface area (Å²) in [5, 5.41) is 23.3. The highest BCUT2D eigenvalue weighted by Gasteiger charge is 2.20. The Morgan fingerprint density at radius 2 is 0.695 bits per heavy atom. The van der Waals surface area contributed by atoms with Crippen LogP contribution in [0.25, 0.3) is 0 Å². The lowest BCUT2D eigenvalue weighted by molar-refractivity contribution is -0.123. The molecule has 0 heterocycles. The van der Waals surface area contributed by atoms with Gasteiger partial charge in [0.15, 0.2) is 0 Å². The molecule has 0 spiro atoms. The Balaban J connectivity index is 3.46. The van der Waals surface area contributed by atoms with E-state index >= 15 is 0 Å². The monoisotopic (exact) mass is 830 g/mol. The van der Waals surface area contributed by atoms with Gasteiger partial charge in [-0.1, -0.05) is 276 Å². The van der Waals surface area contributed by atoms with Crippen molar-refractivity contribution in [1.82, 2.24) is 5.32 Å². The molecule has 0 aromatic heterocycles. The number of unbranched alkanes of at least 4 members (excludes halogenated alkanes) is 39. The van der Waals surface area contributed by atoms with E-state index in [1.54, 1.807) is 0 Å². The molecule has 0 bridgehead atoms. The molecule has 1 amide bonds. The Morgan fingerprint density at radius 3 is 1.02 bits per heavy atom. The Labute approximate surface area is 370 Å². The highest BCUT2D eigenvalue weighted by Crippen LogP contribution is 2.17. The lowest BCUT2D eigenvalue weighted by Gasteiger charge is -2.22. The first-order chi connectivity index (χ1) is 29.2. The maximum Gasteiger partial charge on any atom is 0.220 e. The second-order valence-corrected chi connectivity index (χ2v) is 18.7. The quantitative estimate of drug-likeness (QED) is 0.0422. The van der Waals surface area contributed by atoms with Crippen LogP contribution in [0.15, 0.2) is 24.3 Å². The largest absolute Gasteiger partial charge is 0.394 e. The number of rotatable bonds is 50. The SMILES string of the molecule is CCCCCCCCCCC/C=C\C/C=C\CCCCCCCCCCCCCC(=O)NC(CO)C(O)CCCCCCCCCCCCCCCCCCCCCC. The van der Waals surface area contributed by atoms with Gasteiger partial charge in [-0.2, -0.15) is 0 Å². The molecular formula is C55H107NO3. The zero-order valence-electron chi connectivity index (χ0n) is 40.3. The molecule has 59 heavy (non-hydrogen) atoms. The fourth-order valence-electron chi connectivity index (χ4n) is 8.57. The molecule has 0 saturated carbocycles. The van der Waals surface area contributed by atoms with Crippen LogP contribution in [0.3, 0.4) is 0 Å². The Hall–Kier alpha value is -1.13. The minimum absolute atomic E-state index is 0.0292. The maximum atomic E-state index is 12.5. The van der Waals surface area contributed by atoms with E-state index in [9.17, 15) is 15.0 Å². The molecule has 0 rings (SSSR count). The third kappa shape index (κ3) is 47.8. The van der Waals surface area contributed by atoms with Crippen molar-refractivity contribution in [3.05, 3.63) is 24.3 Å². The molecule has 350 valence electrons. The van der Waals surface area contributed by atoms with Crippen LogP contribution in [0.4, 0.5) is 0 Å². The van der Waals surface area contributed by atoms with Gasteiger partial charge in [0, 0.05) is 6.42 Å². The minimum Gasteiger partial charge on any atom is -0.394 e. The van der Waals surface area contributed by atoms with Crippen LogP contribution >= 0.6 is 0 Å². The molecular weight excluding hydrogens is 723 g/mol. The van der Waals surface area contributed by atoms with Crippen molar-refractivity contribution >= 4 is 5.91 Å². The molecule has 0 radical (unpaired) electrons. The number of carbonyl (C=O) groups excluding carboxylic acids is 1. The summed E-state index contributed by atoms with van der Waals surface area (Å²) >= 11 is 0. The van der Waals surface area contributed by atoms with Crippen molar-refractivity contribution in [3.8, 4) is 0 Å². The van der Waals surface area contributed by atoms with E-state index in [0.29, 0.717) is 12.8 Å². The molecule has 0 aromatic rings. The van der Waals surface area contributed by atoms with Gasteiger partial charge in [-0.05, 0) is 44.9 Å². The molecule has 2 unspecified atom stereocenters. The van der Waals surface area contributed by atoms with Crippen molar-refractivity contribution in [2.45, 2.75) is 315 Å². The molecule has 0 aromatic carbocycles. The number of carbonyl (C=O) groups is 1. The smallest absolute Gasteiger partial charge is 0.220 e. The van der Waals surface area contributed by atoms with E-state index in [2.05, 4.69) is 43.5 Å². The van der Waals surface area contributed by atoms with Crippen molar-refractivity contribution < 1.29 is 15.0 Å². The van der Waals surface area contributed by atoms with E-state index in [0.717, 1.165) is 32.1 Å². The van der Waals surface area contributed by atoms with Gasteiger partial charge in [-0.15, -0.1) is 0 Å². The summed E-state index contributed by atoms with van der Waals surface area (Å²) in [7, 11) is 0. The van der Waals surface area contributed by atoms with Crippen LogP contribution in [-0.4, -0.2) is 34.9 Å².